The first-order valence-corrected chi connectivity index (χ1v) is 9.11. The van der Waals surface area contributed by atoms with Gasteiger partial charge in [0, 0.05) is 28.0 Å². The number of thioether (sulfide) groups is 2. The Kier molecular flexibility index (Phi) is 6.07. The van der Waals surface area contributed by atoms with Crippen LogP contribution in [-0.2, 0) is 12.8 Å². The Balaban J connectivity index is 2.00. The molecule has 0 spiro atoms. The second-order valence-electron chi connectivity index (χ2n) is 5.06. The van der Waals surface area contributed by atoms with Crippen LogP contribution >= 0.6 is 23.5 Å². The van der Waals surface area contributed by atoms with Gasteiger partial charge in [-0.1, -0.05) is 38.1 Å². The van der Waals surface area contributed by atoms with Gasteiger partial charge in [0.15, 0.2) is 0 Å². The van der Waals surface area contributed by atoms with Gasteiger partial charge in [-0.15, -0.1) is 0 Å². The third-order valence-corrected chi connectivity index (χ3v) is 6.99. The minimum absolute atomic E-state index is 0.361. The highest BCUT2D eigenvalue weighted by molar-refractivity contribution is 8.07. The van der Waals surface area contributed by atoms with Crippen molar-refractivity contribution in [3.05, 3.63) is 35.4 Å². The van der Waals surface area contributed by atoms with E-state index in [0.29, 0.717) is 16.5 Å². The van der Waals surface area contributed by atoms with E-state index in [1.165, 1.54) is 22.6 Å². The van der Waals surface area contributed by atoms with Gasteiger partial charge in [-0.3, -0.25) is 11.3 Å². The maximum absolute atomic E-state index is 5.80. The molecule has 3 unspecified atom stereocenters. The van der Waals surface area contributed by atoms with Crippen molar-refractivity contribution in [2.75, 3.05) is 11.5 Å². The van der Waals surface area contributed by atoms with E-state index in [1.807, 2.05) is 0 Å². The molecule has 0 saturated carbocycles. The average Bonchev–Trinajstić information content (AvgIpc) is 2.46. The van der Waals surface area contributed by atoms with E-state index in [9.17, 15) is 0 Å². The van der Waals surface area contributed by atoms with Crippen molar-refractivity contribution in [2.24, 2.45) is 5.84 Å². The first-order chi connectivity index (χ1) is 9.24. The summed E-state index contributed by atoms with van der Waals surface area (Å²) < 4.78 is 0. The molecule has 0 bridgehead atoms. The summed E-state index contributed by atoms with van der Waals surface area (Å²) in [6.07, 6.45) is 2.12. The SMILES string of the molecule is CCc1ccc(CC(NN)C2SCCSC2C)cc1. The fourth-order valence-corrected chi connectivity index (χ4v) is 5.47. The number of nitrogens with two attached hydrogens (primary N) is 1. The van der Waals surface area contributed by atoms with Crippen molar-refractivity contribution in [3.8, 4) is 0 Å². The molecule has 1 aliphatic heterocycles. The molecule has 4 heteroatoms. The lowest BCUT2D eigenvalue weighted by atomic mass is 10.0. The molecule has 0 radical (unpaired) electrons. The molecule has 1 aromatic rings. The molecular formula is C15H24N2S2. The van der Waals surface area contributed by atoms with Crippen LogP contribution in [0.3, 0.4) is 0 Å². The van der Waals surface area contributed by atoms with Crippen molar-refractivity contribution in [1.82, 2.24) is 5.43 Å². The first kappa shape index (κ1) is 15.2. The third-order valence-electron chi connectivity index (χ3n) is 3.73. The quantitative estimate of drug-likeness (QED) is 0.647. The molecule has 1 aliphatic rings. The van der Waals surface area contributed by atoms with E-state index in [0.717, 1.165) is 12.8 Å². The molecule has 3 atom stereocenters. The summed E-state index contributed by atoms with van der Waals surface area (Å²) in [7, 11) is 0. The summed E-state index contributed by atoms with van der Waals surface area (Å²) in [6, 6.07) is 9.31. The van der Waals surface area contributed by atoms with E-state index in [1.54, 1.807) is 0 Å². The zero-order chi connectivity index (χ0) is 13.7. The van der Waals surface area contributed by atoms with Gasteiger partial charge in [-0.2, -0.15) is 23.5 Å². The van der Waals surface area contributed by atoms with Crippen LogP contribution < -0.4 is 11.3 Å². The lowest BCUT2D eigenvalue weighted by Crippen LogP contribution is -2.48. The molecule has 1 heterocycles. The van der Waals surface area contributed by atoms with E-state index in [2.05, 4.69) is 67.1 Å². The largest absolute Gasteiger partial charge is 0.271 e. The van der Waals surface area contributed by atoms with E-state index in [-0.39, 0.29) is 0 Å². The predicted molar refractivity (Wildman–Crippen MR) is 88.8 cm³/mol. The molecule has 3 N–H and O–H groups in total. The van der Waals surface area contributed by atoms with Crippen molar-refractivity contribution >= 4 is 23.5 Å². The fourth-order valence-electron chi connectivity index (χ4n) is 2.53. The predicted octanol–water partition coefficient (Wildman–Crippen LogP) is 2.86. The zero-order valence-corrected chi connectivity index (χ0v) is 13.4. The Morgan fingerprint density at radius 3 is 2.42 bits per heavy atom. The van der Waals surface area contributed by atoms with Gasteiger partial charge >= 0.3 is 0 Å². The van der Waals surface area contributed by atoms with Crippen molar-refractivity contribution in [1.29, 1.82) is 0 Å². The molecule has 0 aromatic heterocycles. The highest BCUT2D eigenvalue weighted by Crippen LogP contribution is 2.33. The normalized spacial score (nSPS) is 25.2. The number of hydrazine groups is 1. The van der Waals surface area contributed by atoms with E-state index >= 15 is 0 Å². The summed E-state index contributed by atoms with van der Waals surface area (Å²) in [5.74, 6) is 8.31. The number of aryl methyl sites for hydroxylation is 1. The van der Waals surface area contributed by atoms with E-state index < -0.39 is 0 Å². The minimum atomic E-state index is 0.361. The van der Waals surface area contributed by atoms with Crippen molar-refractivity contribution < 1.29 is 0 Å². The van der Waals surface area contributed by atoms with Crippen LogP contribution in [0.25, 0.3) is 0 Å². The average molecular weight is 297 g/mol. The van der Waals surface area contributed by atoms with Crippen LogP contribution in [0.1, 0.15) is 25.0 Å². The fraction of sp³-hybridized carbons (Fsp3) is 0.600. The van der Waals surface area contributed by atoms with Gasteiger partial charge in [0.1, 0.15) is 0 Å². The monoisotopic (exact) mass is 296 g/mol. The highest BCUT2D eigenvalue weighted by Gasteiger charge is 2.29. The summed E-state index contributed by atoms with van der Waals surface area (Å²) in [4.78, 5) is 0. The summed E-state index contributed by atoms with van der Waals surface area (Å²) in [5, 5.41) is 1.28. The van der Waals surface area contributed by atoms with E-state index in [4.69, 9.17) is 5.84 Å². The van der Waals surface area contributed by atoms with Gasteiger partial charge in [0.25, 0.3) is 0 Å². The van der Waals surface area contributed by atoms with Gasteiger partial charge in [-0.05, 0) is 24.0 Å². The standard InChI is InChI=1S/C15H24N2S2/c1-3-12-4-6-13(7-5-12)10-14(17-16)15-11(2)18-8-9-19-15/h4-7,11,14-15,17H,3,8-10,16H2,1-2H3. The van der Waals surface area contributed by atoms with Gasteiger partial charge in [0.05, 0.1) is 0 Å². The lowest BCUT2D eigenvalue weighted by molar-refractivity contribution is 0.501. The molecular weight excluding hydrogens is 272 g/mol. The van der Waals surface area contributed by atoms with Crippen LogP contribution in [0.15, 0.2) is 24.3 Å². The Morgan fingerprint density at radius 2 is 1.84 bits per heavy atom. The molecule has 1 fully saturated rings. The minimum Gasteiger partial charge on any atom is -0.271 e. The van der Waals surface area contributed by atoms with Crippen LogP contribution in [0.4, 0.5) is 0 Å². The molecule has 2 rings (SSSR count). The summed E-state index contributed by atoms with van der Waals surface area (Å²) >= 11 is 4.14. The lowest BCUT2D eigenvalue weighted by Gasteiger charge is -2.34. The number of nitrogens with one attached hydrogen (secondary N) is 1. The van der Waals surface area contributed by atoms with Crippen molar-refractivity contribution in [2.45, 2.75) is 43.2 Å². The number of rotatable bonds is 5. The summed E-state index contributed by atoms with van der Waals surface area (Å²) in [5.41, 5.74) is 5.82. The number of hydrogen-bond donors (Lipinski definition) is 2. The zero-order valence-electron chi connectivity index (χ0n) is 11.8. The van der Waals surface area contributed by atoms with Gasteiger partial charge < -0.3 is 0 Å². The Hall–Kier alpha value is -0.160. The number of hydrogen-bond acceptors (Lipinski definition) is 4. The maximum atomic E-state index is 5.80. The third kappa shape index (κ3) is 4.15. The first-order valence-electron chi connectivity index (χ1n) is 7.01. The Bertz CT molecular complexity index is 380. The van der Waals surface area contributed by atoms with Crippen LogP contribution in [-0.4, -0.2) is 28.0 Å². The second-order valence-corrected chi connectivity index (χ2v) is 7.83. The Morgan fingerprint density at radius 1 is 1.21 bits per heavy atom. The smallest absolute Gasteiger partial charge is 0.0380 e. The molecule has 0 aliphatic carbocycles. The molecule has 0 amide bonds. The molecule has 1 saturated heterocycles. The molecule has 1 aromatic carbocycles. The van der Waals surface area contributed by atoms with Gasteiger partial charge in [-0.25, -0.2) is 0 Å². The van der Waals surface area contributed by atoms with Crippen LogP contribution in [0, 0.1) is 0 Å². The topological polar surface area (TPSA) is 38.0 Å². The Labute approximate surface area is 125 Å². The maximum Gasteiger partial charge on any atom is 0.0380 e. The highest BCUT2D eigenvalue weighted by atomic mass is 32.2. The van der Waals surface area contributed by atoms with Gasteiger partial charge in [0.2, 0.25) is 0 Å². The van der Waals surface area contributed by atoms with Crippen molar-refractivity contribution in [3.63, 3.8) is 0 Å². The van der Waals surface area contributed by atoms with Crippen LogP contribution in [0.2, 0.25) is 0 Å². The molecule has 19 heavy (non-hydrogen) atoms. The second kappa shape index (κ2) is 7.58. The number of benzene rings is 1. The molecule has 2 nitrogen and oxygen atoms in total. The summed E-state index contributed by atoms with van der Waals surface area (Å²) in [6.45, 7) is 4.52. The molecule has 106 valence electrons. The van der Waals surface area contributed by atoms with Crippen LogP contribution in [0.5, 0.6) is 0 Å².